The van der Waals surface area contributed by atoms with Gasteiger partial charge in [0.05, 0.1) is 13.7 Å². The van der Waals surface area contributed by atoms with E-state index in [4.69, 9.17) is 9.47 Å². The maximum atomic E-state index is 5.88. The SMILES string of the molecule is CCCCCCCCCCOc1ccc([I+]c2ccc(OC)cc2)cc1. The van der Waals surface area contributed by atoms with Gasteiger partial charge in [0.1, 0.15) is 11.5 Å². The highest BCUT2D eigenvalue weighted by Crippen LogP contribution is 2.11. The zero-order valence-electron chi connectivity index (χ0n) is 16.2. The minimum atomic E-state index is -0.142. The molecule has 0 unspecified atom stereocenters. The third kappa shape index (κ3) is 8.43. The molecule has 0 fully saturated rings. The Bertz CT molecular complexity index is 593. The monoisotopic (exact) mass is 467 g/mol. The molecular formula is C23H32IO2+. The largest absolute Gasteiger partial charge is 0.497 e. The minimum absolute atomic E-state index is 0.142. The van der Waals surface area contributed by atoms with Crippen LogP contribution in [0.3, 0.4) is 0 Å². The number of ether oxygens (including phenoxy) is 2. The van der Waals surface area contributed by atoms with Gasteiger partial charge in [-0.15, -0.1) is 0 Å². The van der Waals surface area contributed by atoms with Crippen molar-refractivity contribution in [3.63, 3.8) is 0 Å². The smallest absolute Gasteiger partial charge is 0.357 e. The average Bonchev–Trinajstić information content (AvgIpc) is 2.68. The standard InChI is InChI=1S/C23H32IO2/c1-3-4-5-6-7-8-9-10-19-26-23-17-13-21(14-18-23)24-20-11-15-22(25-2)16-12-20/h11-18H,3-10,19H2,1-2H3/q+1. The van der Waals surface area contributed by atoms with Crippen LogP contribution in [0.2, 0.25) is 0 Å². The fourth-order valence-corrected chi connectivity index (χ4v) is 4.94. The quantitative estimate of drug-likeness (QED) is 0.333. The van der Waals surface area contributed by atoms with Crippen LogP contribution >= 0.6 is 0 Å². The highest BCUT2D eigenvalue weighted by atomic mass is 127. The van der Waals surface area contributed by atoms with E-state index in [9.17, 15) is 0 Å². The summed E-state index contributed by atoms with van der Waals surface area (Å²) in [5.74, 6) is 1.91. The van der Waals surface area contributed by atoms with Crippen molar-refractivity contribution >= 4 is 0 Å². The molecule has 0 radical (unpaired) electrons. The summed E-state index contributed by atoms with van der Waals surface area (Å²) in [6.07, 6.45) is 10.7. The lowest BCUT2D eigenvalue weighted by Gasteiger charge is -2.05. The molecule has 0 heterocycles. The number of hydrogen-bond donors (Lipinski definition) is 0. The van der Waals surface area contributed by atoms with Crippen LogP contribution in [-0.4, -0.2) is 13.7 Å². The van der Waals surface area contributed by atoms with E-state index in [0.717, 1.165) is 24.5 Å². The van der Waals surface area contributed by atoms with Crippen LogP contribution in [0.5, 0.6) is 11.5 Å². The Hall–Kier alpha value is -1.23. The second kappa shape index (κ2) is 13.0. The lowest BCUT2D eigenvalue weighted by atomic mass is 10.1. The zero-order valence-corrected chi connectivity index (χ0v) is 18.3. The Morgan fingerprint density at radius 2 is 1.15 bits per heavy atom. The van der Waals surface area contributed by atoms with Gasteiger partial charge >= 0.3 is 21.2 Å². The first-order valence-corrected chi connectivity index (χ1v) is 12.0. The number of rotatable bonds is 13. The molecule has 0 N–H and O–H groups in total. The fraction of sp³-hybridized carbons (Fsp3) is 0.478. The lowest BCUT2D eigenvalue weighted by molar-refractivity contribution is -0.597. The van der Waals surface area contributed by atoms with Crippen molar-refractivity contribution in [1.82, 2.24) is 0 Å². The molecule has 0 aliphatic heterocycles. The van der Waals surface area contributed by atoms with Gasteiger partial charge in [0, 0.05) is 0 Å². The summed E-state index contributed by atoms with van der Waals surface area (Å²) < 4.78 is 13.9. The summed E-state index contributed by atoms with van der Waals surface area (Å²) in [4.78, 5) is 0. The van der Waals surface area contributed by atoms with Crippen molar-refractivity contribution in [1.29, 1.82) is 0 Å². The fourth-order valence-electron chi connectivity index (χ4n) is 2.78. The van der Waals surface area contributed by atoms with Crippen LogP contribution in [0.1, 0.15) is 58.3 Å². The number of methoxy groups -OCH3 is 1. The van der Waals surface area contributed by atoms with E-state index in [1.807, 2.05) is 12.1 Å². The molecule has 0 aliphatic carbocycles. The van der Waals surface area contributed by atoms with E-state index >= 15 is 0 Å². The van der Waals surface area contributed by atoms with Crippen LogP contribution in [0.15, 0.2) is 48.5 Å². The highest BCUT2D eigenvalue weighted by molar-refractivity contribution is 5.22. The molecule has 2 aromatic carbocycles. The molecule has 26 heavy (non-hydrogen) atoms. The second-order valence-corrected chi connectivity index (χ2v) is 9.56. The van der Waals surface area contributed by atoms with Crippen molar-refractivity contribution in [2.45, 2.75) is 58.3 Å². The molecule has 0 saturated carbocycles. The van der Waals surface area contributed by atoms with Crippen LogP contribution in [0.25, 0.3) is 0 Å². The molecule has 0 aromatic heterocycles. The average molecular weight is 467 g/mol. The number of hydrogen-bond acceptors (Lipinski definition) is 2. The van der Waals surface area contributed by atoms with Gasteiger partial charge in [0.25, 0.3) is 0 Å². The van der Waals surface area contributed by atoms with E-state index in [1.54, 1.807) is 7.11 Å². The molecule has 2 nitrogen and oxygen atoms in total. The van der Waals surface area contributed by atoms with Crippen LogP contribution in [0, 0.1) is 7.14 Å². The normalized spacial score (nSPS) is 10.7. The molecule has 0 amide bonds. The first-order chi connectivity index (χ1) is 12.8. The predicted molar refractivity (Wildman–Crippen MR) is 105 cm³/mol. The second-order valence-electron chi connectivity index (χ2n) is 6.53. The maximum absolute atomic E-state index is 5.88. The first kappa shape index (κ1) is 21.1. The molecule has 2 aromatic rings. The van der Waals surface area contributed by atoms with Gasteiger partial charge in [-0.1, -0.05) is 51.9 Å². The lowest BCUT2D eigenvalue weighted by Crippen LogP contribution is -3.61. The van der Waals surface area contributed by atoms with Gasteiger partial charge in [-0.05, 0) is 55.0 Å². The van der Waals surface area contributed by atoms with Gasteiger partial charge < -0.3 is 9.47 Å². The third-order valence-corrected chi connectivity index (χ3v) is 7.03. The van der Waals surface area contributed by atoms with E-state index in [2.05, 4.69) is 43.3 Å². The first-order valence-electron chi connectivity index (χ1n) is 9.83. The molecule has 0 saturated heterocycles. The Morgan fingerprint density at radius 1 is 0.654 bits per heavy atom. The number of halogens is 1. The van der Waals surface area contributed by atoms with Crippen LogP contribution < -0.4 is 30.7 Å². The van der Waals surface area contributed by atoms with Gasteiger partial charge in [0.2, 0.25) is 0 Å². The van der Waals surface area contributed by atoms with Crippen molar-refractivity contribution in [3.05, 3.63) is 55.7 Å². The van der Waals surface area contributed by atoms with Gasteiger partial charge in [0.15, 0.2) is 7.14 Å². The Morgan fingerprint density at radius 3 is 1.69 bits per heavy atom. The molecule has 0 bridgehead atoms. The molecular weight excluding hydrogens is 435 g/mol. The Balaban J connectivity index is 1.61. The predicted octanol–water partition coefficient (Wildman–Crippen LogP) is 3.34. The number of unbranched alkanes of at least 4 members (excludes halogenated alkanes) is 7. The van der Waals surface area contributed by atoms with Crippen LogP contribution in [0.4, 0.5) is 0 Å². The molecule has 0 atom stereocenters. The summed E-state index contributed by atoms with van der Waals surface area (Å²) >= 11 is -0.142. The summed E-state index contributed by atoms with van der Waals surface area (Å²) in [5, 5.41) is 0. The van der Waals surface area contributed by atoms with Gasteiger partial charge in [-0.2, -0.15) is 0 Å². The highest BCUT2D eigenvalue weighted by Gasteiger charge is 2.15. The van der Waals surface area contributed by atoms with Gasteiger partial charge in [-0.3, -0.25) is 0 Å². The summed E-state index contributed by atoms with van der Waals surface area (Å²) in [7, 11) is 1.70. The topological polar surface area (TPSA) is 18.5 Å². The maximum Gasteiger partial charge on any atom is 0.357 e. The van der Waals surface area contributed by atoms with E-state index in [1.165, 1.54) is 52.1 Å². The van der Waals surface area contributed by atoms with E-state index in [0.29, 0.717) is 0 Å². The molecule has 0 aliphatic rings. The number of benzene rings is 2. The molecule has 2 rings (SSSR count). The summed E-state index contributed by atoms with van der Waals surface area (Å²) in [6.45, 7) is 3.10. The third-order valence-electron chi connectivity index (χ3n) is 4.35. The van der Waals surface area contributed by atoms with E-state index < -0.39 is 0 Å². The molecule has 142 valence electrons. The van der Waals surface area contributed by atoms with E-state index in [-0.39, 0.29) is 21.2 Å². The minimum Gasteiger partial charge on any atom is -0.497 e. The Kier molecular flexibility index (Phi) is 10.6. The Labute approximate surface area is 169 Å². The van der Waals surface area contributed by atoms with Crippen molar-refractivity contribution in [2.75, 3.05) is 13.7 Å². The van der Waals surface area contributed by atoms with Crippen LogP contribution in [-0.2, 0) is 0 Å². The van der Waals surface area contributed by atoms with Crippen molar-refractivity contribution < 1.29 is 30.7 Å². The zero-order chi connectivity index (χ0) is 18.5. The van der Waals surface area contributed by atoms with Gasteiger partial charge in [-0.25, -0.2) is 0 Å². The summed E-state index contributed by atoms with van der Waals surface area (Å²) in [5.41, 5.74) is 0. The summed E-state index contributed by atoms with van der Waals surface area (Å²) in [6, 6.07) is 17.1. The van der Waals surface area contributed by atoms with Crippen molar-refractivity contribution in [2.24, 2.45) is 0 Å². The molecule has 0 spiro atoms. The van der Waals surface area contributed by atoms with Crippen molar-refractivity contribution in [3.8, 4) is 11.5 Å². The molecule has 3 heteroatoms.